The fourth-order valence-electron chi connectivity index (χ4n) is 3.30. The monoisotopic (exact) mass is 351 g/mol. The van der Waals surface area contributed by atoms with E-state index in [4.69, 9.17) is 14.2 Å². The number of rotatable bonds is 7. The van der Waals surface area contributed by atoms with Crippen molar-refractivity contribution in [2.24, 2.45) is 5.92 Å². The van der Waals surface area contributed by atoms with Gasteiger partial charge in [-0.2, -0.15) is 0 Å². The van der Waals surface area contributed by atoms with Crippen LogP contribution in [-0.4, -0.2) is 58.3 Å². The molecule has 25 heavy (non-hydrogen) atoms. The van der Waals surface area contributed by atoms with Crippen LogP contribution in [0.1, 0.15) is 25.8 Å². The lowest BCUT2D eigenvalue weighted by Crippen LogP contribution is -3.13. The first-order valence-electron chi connectivity index (χ1n) is 8.89. The van der Waals surface area contributed by atoms with E-state index in [1.54, 1.807) is 21.3 Å². The number of benzene rings is 1. The number of nitrogens with one attached hydrogen (secondary N) is 1. The Kier molecular flexibility index (Phi) is 6.93. The Morgan fingerprint density at radius 3 is 2.24 bits per heavy atom. The number of carbonyl (C=O) groups excluding carboxylic acids is 1. The molecule has 140 valence electrons. The maximum absolute atomic E-state index is 12.2. The van der Waals surface area contributed by atoms with E-state index in [0.717, 1.165) is 44.0 Å². The van der Waals surface area contributed by atoms with Crippen molar-refractivity contribution in [1.82, 2.24) is 4.90 Å². The lowest BCUT2D eigenvalue weighted by atomic mass is 10.1. The molecule has 0 spiro atoms. The Balaban J connectivity index is 2.01. The van der Waals surface area contributed by atoms with E-state index in [1.807, 2.05) is 17.0 Å². The first-order chi connectivity index (χ1) is 12.0. The van der Waals surface area contributed by atoms with Crippen molar-refractivity contribution in [3.05, 3.63) is 17.7 Å². The van der Waals surface area contributed by atoms with E-state index in [-0.39, 0.29) is 5.91 Å². The molecule has 1 amide bonds. The SMILES string of the molecule is COc1ccc(C[NH+]2CCN(C(=O)CC(C)C)CC2)c(OC)c1OC. The predicted molar refractivity (Wildman–Crippen MR) is 96.5 cm³/mol. The van der Waals surface area contributed by atoms with Crippen molar-refractivity contribution in [3.63, 3.8) is 0 Å². The van der Waals surface area contributed by atoms with Gasteiger partial charge in [-0.1, -0.05) is 13.8 Å². The van der Waals surface area contributed by atoms with Gasteiger partial charge in [-0.05, 0) is 18.1 Å². The van der Waals surface area contributed by atoms with Crippen LogP contribution in [0.15, 0.2) is 12.1 Å². The smallest absolute Gasteiger partial charge is 0.223 e. The van der Waals surface area contributed by atoms with Crippen molar-refractivity contribution >= 4 is 5.91 Å². The van der Waals surface area contributed by atoms with Crippen LogP contribution in [-0.2, 0) is 11.3 Å². The van der Waals surface area contributed by atoms with Crippen molar-refractivity contribution < 1.29 is 23.9 Å². The van der Waals surface area contributed by atoms with Crippen LogP contribution in [0.3, 0.4) is 0 Å². The molecule has 6 heteroatoms. The summed E-state index contributed by atoms with van der Waals surface area (Å²) < 4.78 is 16.4. The number of piperazine rings is 1. The minimum absolute atomic E-state index is 0.276. The molecule has 1 aromatic rings. The summed E-state index contributed by atoms with van der Waals surface area (Å²) >= 11 is 0. The van der Waals surface area contributed by atoms with Gasteiger partial charge < -0.3 is 24.0 Å². The zero-order valence-corrected chi connectivity index (χ0v) is 16.1. The van der Waals surface area contributed by atoms with Crippen molar-refractivity contribution in [1.29, 1.82) is 0 Å². The van der Waals surface area contributed by atoms with Gasteiger partial charge in [0.2, 0.25) is 11.7 Å². The third kappa shape index (κ3) is 4.78. The Morgan fingerprint density at radius 1 is 1.08 bits per heavy atom. The van der Waals surface area contributed by atoms with Gasteiger partial charge >= 0.3 is 0 Å². The third-order valence-corrected chi connectivity index (χ3v) is 4.63. The molecular weight excluding hydrogens is 320 g/mol. The van der Waals surface area contributed by atoms with Crippen LogP contribution in [0.5, 0.6) is 17.2 Å². The van der Waals surface area contributed by atoms with Gasteiger partial charge in [-0.25, -0.2) is 0 Å². The first kappa shape index (κ1) is 19.4. The van der Waals surface area contributed by atoms with Gasteiger partial charge in [-0.15, -0.1) is 0 Å². The molecule has 1 saturated heterocycles. The van der Waals surface area contributed by atoms with E-state index in [1.165, 1.54) is 4.90 Å². The summed E-state index contributed by atoms with van der Waals surface area (Å²) in [7, 11) is 4.89. The lowest BCUT2D eigenvalue weighted by molar-refractivity contribution is -0.917. The second kappa shape index (κ2) is 8.94. The first-order valence-corrected chi connectivity index (χ1v) is 8.89. The van der Waals surface area contributed by atoms with Crippen LogP contribution in [0, 0.1) is 5.92 Å². The number of hydrogen-bond acceptors (Lipinski definition) is 4. The molecule has 2 rings (SSSR count). The fourth-order valence-corrected chi connectivity index (χ4v) is 3.30. The van der Waals surface area contributed by atoms with E-state index < -0.39 is 0 Å². The molecule has 0 bridgehead atoms. The molecule has 1 aromatic carbocycles. The molecular formula is C19H31N2O4+. The van der Waals surface area contributed by atoms with Crippen LogP contribution in [0.25, 0.3) is 0 Å². The number of methoxy groups -OCH3 is 3. The van der Waals surface area contributed by atoms with Crippen LogP contribution in [0.4, 0.5) is 0 Å². The maximum atomic E-state index is 12.2. The minimum Gasteiger partial charge on any atom is -0.493 e. The number of ether oxygens (including phenoxy) is 3. The molecule has 0 aromatic heterocycles. The largest absolute Gasteiger partial charge is 0.493 e. The molecule has 1 aliphatic heterocycles. The standard InChI is InChI=1S/C19H30N2O4/c1-14(2)12-17(22)21-10-8-20(9-11-21)13-15-6-7-16(23-3)19(25-5)18(15)24-4/h6-7,14H,8-13H2,1-5H3/p+1. The van der Waals surface area contributed by atoms with Crippen molar-refractivity contribution in [2.45, 2.75) is 26.8 Å². The second-order valence-electron chi connectivity index (χ2n) is 6.90. The van der Waals surface area contributed by atoms with Crippen LogP contribution >= 0.6 is 0 Å². The molecule has 1 aliphatic rings. The van der Waals surface area contributed by atoms with Gasteiger partial charge in [-0.3, -0.25) is 4.79 Å². The molecule has 6 nitrogen and oxygen atoms in total. The predicted octanol–water partition coefficient (Wildman–Crippen LogP) is 0.986. The Labute approximate surface area is 150 Å². The number of hydrogen-bond donors (Lipinski definition) is 1. The topological polar surface area (TPSA) is 52.4 Å². The highest BCUT2D eigenvalue weighted by Gasteiger charge is 2.26. The molecule has 1 N–H and O–H groups in total. The molecule has 0 saturated carbocycles. The highest BCUT2D eigenvalue weighted by atomic mass is 16.5. The number of nitrogens with zero attached hydrogens (tertiary/aromatic N) is 1. The van der Waals surface area contributed by atoms with Gasteiger partial charge in [0.15, 0.2) is 11.5 Å². The van der Waals surface area contributed by atoms with Crippen molar-refractivity contribution in [2.75, 3.05) is 47.5 Å². The van der Waals surface area contributed by atoms with E-state index in [0.29, 0.717) is 23.8 Å². The summed E-state index contributed by atoms with van der Waals surface area (Å²) in [5.74, 6) is 2.72. The molecule has 0 aliphatic carbocycles. The summed E-state index contributed by atoms with van der Waals surface area (Å²) in [6.45, 7) is 8.54. The van der Waals surface area contributed by atoms with E-state index >= 15 is 0 Å². The molecule has 0 unspecified atom stereocenters. The Bertz CT molecular complexity index is 581. The highest BCUT2D eigenvalue weighted by molar-refractivity contribution is 5.76. The maximum Gasteiger partial charge on any atom is 0.223 e. The Hall–Kier alpha value is -1.95. The van der Waals surface area contributed by atoms with Gasteiger partial charge in [0.25, 0.3) is 0 Å². The number of amides is 1. The average molecular weight is 351 g/mol. The zero-order chi connectivity index (χ0) is 18.4. The average Bonchev–Trinajstić information content (AvgIpc) is 2.61. The van der Waals surface area contributed by atoms with Crippen molar-refractivity contribution in [3.8, 4) is 17.2 Å². The van der Waals surface area contributed by atoms with Gasteiger partial charge in [0, 0.05) is 6.42 Å². The molecule has 1 heterocycles. The zero-order valence-electron chi connectivity index (χ0n) is 16.1. The third-order valence-electron chi connectivity index (χ3n) is 4.63. The highest BCUT2D eigenvalue weighted by Crippen LogP contribution is 2.39. The molecule has 0 atom stereocenters. The van der Waals surface area contributed by atoms with Gasteiger partial charge in [0.1, 0.15) is 6.54 Å². The Morgan fingerprint density at radius 2 is 1.72 bits per heavy atom. The summed E-state index contributed by atoms with van der Waals surface area (Å²) in [6.07, 6.45) is 0.638. The fraction of sp³-hybridized carbons (Fsp3) is 0.632. The van der Waals surface area contributed by atoms with E-state index in [9.17, 15) is 4.79 Å². The number of carbonyl (C=O) groups is 1. The summed E-state index contributed by atoms with van der Waals surface area (Å²) in [4.78, 5) is 15.6. The van der Waals surface area contributed by atoms with E-state index in [2.05, 4.69) is 13.8 Å². The molecule has 0 radical (unpaired) electrons. The lowest BCUT2D eigenvalue weighted by Gasteiger charge is -2.33. The molecule has 1 fully saturated rings. The van der Waals surface area contributed by atoms with Crippen LogP contribution in [0.2, 0.25) is 0 Å². The second-order valence-corrected chi connectivity index (χ2v) is 6.90. The summed E-state index contributed by atoms with van der Waals surface area (Å²) in [6, 6.07) is 3.95. The summed E-state index contributed by atoms with van der Waals surface area (Å²) in [5.41, 5.74) is 1.09. The normalized spacial score (nSPS) is 15.4. The quantitative estimate of drug-likeness (QED) is 0.796. The van der Waals surface area contributed by atoms with Gasteiger partial charge in [0.05, 0.1) is 53.1 Å². The van der Waals surface area contributed by atoms with Crippen LogP contribution < -0.4 is 19.1 Å². The minimum atomic E-state index is 0.276. The number of quaternary nitrogens is 1. The summed E-state index contributed by atoms with van der Waals surface area (Å²) in [5, 5.41) is 0.